The third kappa shape index (κ3) is 4.20. The fourth-order valence-corrected chi connectivity index (χ4v) is 2.45. The first-order valence-electron chi connectivity index (χ1n) is 6.02. The van der Waals surface area contributed by atoms with Crippen LogP contribution in [0.1, 0.15) is 21.5 Å². The number of halogens is 5. The molecule has 21 heavy (non-hydrogen) atoms. The topological polar surface area (TPSA) is 9.23 Å². The second kappa shape index (κ2) is 6.05. The molecule has 2 rings (SSSR count). The standard InChI is InChI=1S/C15H11BrF4O/c1-9-8-11(4-7-13(9)17)14(16)10-2-5-12(6-3-10)21-15(18,19)20/h2-8,14H,1H3. The van der Waals surface area contributed by atoms with Crippen LogP contribution in [0, 0.1) is 12.7 Å². The second-order valence-corrected chi connectivity index (χ2v) is 5.40. The van der Waals surface area contributed by atoms with Crippen molar-refractivity contribution in [2.24, 2.45) is 0 Å². The van der Waals surface area contributed by atoms with Crippen LogP contribution in [0.3, 0.4) is 0 Å². The van der Waals surface area contributed by atoms with Gasteiger partial charge in [-0.15, -0.1) is 13.2 Å². The predicted octanol–water partition coefficient (Wildman–Crippen LogP) is 5.52. The first-order valence-corrected chi connectivity index (χ1v) is 6.93. The third-order valence-corrected chi connectivity index (χ3v) is 3.94. The van der Waals surface area contributed by atoms with Crippen molar-refractivity contribution in [1.82, 2.24) is 0 Å². The zero-order chi connectivity index (χ0) is 15.6. The molecular weight excluding hydrogens is 352 g/mol. The van der Waals surface area contributed by atoms with E-state index in [4.69, 9.17) is 0 Å². The number of benzene rings is 2. The van der Waals surface area contributed by atoms with Crippen LogP contribution < -0.4 is 4.74 Å². The molecule has 2 aromatic carbocycles. The molecule has 0 radical (unpaired) electrons. The van der Waals surface area contributed by atoms with E-state index in [1.807, 2.05) is 0 Å². The molecule has 1 nitrogen and oxygen atoms in total. The summed E-state index contributed by atoms with van der Waals surface area (Å²) in [6.45, 7) is 1.65. The van der Waals surface area contributed by atoms with Crippen molar-refractivity contribution >= 4 is 15.9 Å². The van der Waals surface area contributed by atoms with Crippen LogP contribution in [0.15, 0.2) is 42.5 Å². The highest BCUT2D eigenvalue weighted by Gasteiger charge is 2.31. The molecule has 112 valence electrons. The number of alkyl halides is 4. The van der Waals surface area contributed by atoms with Crippen LogP contribution in [0.4, 0.5) is 17.6 Å². The minimum absolute atomic E-state index is 0.239. The Hall–Kier alpha value is -1.56. The normalized spacial score (nSPS) is 13.0. The average Bonchev–Trinajstić information content (AvgIpc) is 2.40. The molecule has 0 heterocycles. The quantitative estimate of drug-likeness (QED) is 0.516. The third-order valence-electron chi connectivity index (χ3n) is 2.88. The average molecular weight is 363 g/mol. The number of rotatable bonds is 3. The van der Waals surface area contributed by atoms with Gasteiger partial charge in [0.1, 0.15) is 11.6 Å². The van der Waals surface area contributed by atoms with Crippen LogP contribution in [0.2, 0.25) is 0 Å². The Morgan fingerprint density at radius 2 is 1.57 bits per heavy atom. The van der Waals surface area contributed by atoms with Gasteiger partial charge in [0.15, 0.2) is 0 Å². The molecule has 1 unspecified atom stereocenters. The molecule has 0 amide bonds. The Balaban J connectivity index is 2.19. The Morgan fingerprint density at radius 1 is 1.00 bits per heavy atom. The van der Waals surface area contributed by atoms with Crippen LogP contribution >= 0.6 is 15.9 Å². The zero-order valence-electron chi connectivity index (χ0n) is 10.9. The van der Waals surface area contributed by atoms with E-state index in [9.17, 15) is 17.6 Å². The van der Waals surface area contributed by atoms with Crippen LogP contribution in [-0.2, 0) is 0 Å². The van der Waals surface area contributed by atoms with E-state index in [2.05, 4.69) is 20.7 Å². The van der Waals surface area contributed by atoms with E-state index in [0.29, 0.717) is 5.56 Å². The maximum atomic E-state index is 13.2. The Labute approximate surface area is 127 Å². The summed E-state index contributed by atoms with van der Waals surface area (Å²) in [6.07, 6.45) is -4.70. The van der Waals surface area contributed by atoms with E-state index in [0.717, 1.165) is 11.1 Å². The van der Waals surface area contributed by atoms with Gasteiger partial charge in [0, 0.05) is 0 Å². The van der Waals surface area contributed by atoms with Crippen molar-refractivity contribution in [3.63, 3.8) is 0 Å². The van der Waals surface area contributed by atoms with E-state index in [1.54, 1.807) is 19.1 Å². The van der Waals surface area contributed by atoms with Crippen molar-refractivity contribution in [1.29, 1.82) is 0 Å². The first-order chi connectivity index (χ1) is 9.76. The predicted molar refractivity (Wildman–Crippen MR) is 75.0 cm³/mol. The van der Waals surface area contributed by atoms with Gasteiger partial charge in [-0.05, 0) is 41.8 Å². The van der Waals surface area contributed by atoms with Gasteiger partial charge in [0.2, 0.25) is 0 Å². The van der Waals surface area contributed by atoms with Gasteiger partial charge in [-0.1, -0.05) is 40.2 Å². The molecule has 0 N–H and O–H groups in total. The molecule has 0 aliphatic rings. The lowest BCUT2D eigenvalue weighted by Crippen LogP contribution is -2.17. The molecule has 0 bridgehead atoms. The highest BCUT2D eigenvalue weighted by Crippen LogP contribution is 2.33. The molecule has 0 aliphatic carbocycles. The number of hydrogen-bond acceptors (Lipinski definition) is 1. The van der Waals surface area contributed by atoms with Crippen molar-refractivity contribution in [3.05, 3.63) is 65.0 Å². The van der Waals surface area contributed by atoms with E-state index in [1.165, 1.54) is 30.3 Å². The minimum atomic E-state index is -4.70. The van der Waals surface area contributed by atoms with E-state index >= 15 is 0 Å². The molecule has 0 aromatic heterocycles. The molecule has 2 aromatic rings. The van der Waals surface area contributed by atoms with E-state index < -0.39 is 6.36 Å². The zero-order valence-corrected chi connectivity index (χ0v) is 12.5. The van der Waals surface area contributed by atoms with Crippen molar-refractivity contribution in [2.45, 2.75) is 18.1 Å². The first kappa shape index (κ1) is 15.8. The molecule has 0 saturated heterocycles. The van der Waals surface area contributed by atoms with Gasteiger partial charge < -0.3 is 4.74 Å². The summed E-state index contributed by atoms with van der Waals surface area (Å²) in [4.78, 5) is -0.239. The summed E-state index contributed by atoms with van der Waals surface area (Å²) < 4.78 is 53.3. The molecule has 0 saturated carbocycles. The maximum absolute atomic E-state index is 13.2. The molecule has 6 heteroatoms. The van der Waals surface area contributed by atoms with Gasteiger partial charge in [-0.3, -0.25) is 0 Å². The fourth-order valence-electron chi connectivity index (χ4n) is 1.86. The van der Waals surface area contributed by atoms with E-state index in [-0.39, 0.29) is 16.4 Å². The van der Waals surface area contributed by atoms with Gasteiger partial charge in [0.25, 0.3) is 0 Å². The number of hydrogen-bond donors (Lipinski definition) is 0. The smallest absolute Gasteiger partial charge is 0.406 e. The molecular formula is C15H11BrF4O. The number of aryl methyl sites for hydroxylation is 1. The minimum Gasteiger partial charge on any atom is -0.406 e. The van der Waals surface area contributed by atoms with Gasteiger partial charge >= 0.3 is 6.36 Å². The largest absolute Gasteiger partial charge is 0.573 e. The van der Waals surface area contributed by atoms with Gasteiger partial charge in [0.05, 0.1) is 4.83 Å². The molecule has 0 aliphatic heterocycles. The Kier molecular flexibility index (Phi) is 4.56. The number of ether oxygens (including phenoxy) is 1. The monoisotopic (exact) mass is 362 g/mol. The molecule has 1 atom stereocenters. The summed E-state index contributed by atoms with van der Waals surface area (Å²) >= 11 is 3.45. The summed E-state index contributed by atoms with van der Waals surface area (Å²) in [6, 6.07) is 10.2. The Morgan fingerprint density at radius 3 is 2.10 bits per heavy atom. The lowest BCUT2D eigenvalue weighted by molar-refractivity contribution is -0.274. The summed E-state index contributed by atoms with van der Waals surface area (Å²) in [7, 11) is 0. The van der Waals surface area contributed by atoms with Crippen LogP contribution in [-0.4, -0.2) is 6.36 Å². The highest BCUT2D eigenvalue weighted by molar-refractivity contribution is 9.09. The summed E-state index contributed by atoms with van der Waals surface area (Å²) in [5, 5.41) is 0. The fraction of sp³-hybridized carbons (Fsp3) is 0.200. The SMILES string of the molecule is Cc1cc(C(Br)c2ccc(OC(F)(F)F)cc2)ccc1F. The van der Waals surface area contributed by atoms with Crippen LogP contribution in [0.5, 0.6) is 5.75 Å². The van der Waals surface area contributed by atoms with Gasteiger partial charge in [-0.25, -0.2) is 4.39 Å². The molecule has 0 spiro atoms. The van der Waals surface area contributed by atoms with Crippen molar-refractivity contribution < 1.29 is 22.3 Å². The van der Waals surface area contributed by atoms with Crippen molar-refractivity contribution in [3.8, 4) is 5.75 Å². The summed E-state index contributed by atoms with van der Waals surface area (Å²) in [5.41, 5.74) is 2.07. The van der Waals surface area contributed by atoms with Gasteiger partial charge in [-0.2, -0.15) is 0 Å². The summed E-state index contributed by atoms with van der Waals surface area (Å²) in [5.74, 6) is -0.575. The van der Waals surface area contributed by atoms with Crippen LogP contribution in [0.25, 0.3) is 0 Å². The molecule has 0 fully saturated rings. The van der Waals surface area contributed by atoms with Crippen molar-refractivity contribution in [2.75, 3.05) is 0 Å². The maximum Gasteiger partial charge on any atom is 0.573 e. The second-order valence-electron chi connectivity index (χ2n) is 4.49. The highest BCUT2D eigenvalue weighted by atomic mass is 79.9. The Bertz CT molecular complexity index is 623. The lowest BCUT2D eigenvalue weighted by atomic mass is 10.0. The lowest BCUT2D eigenvalue weighted by Gasteiger charge is -2.13.